The molecule has 1 aromatic carbocycles. The van der Waals surface area contributed by atoms with E-state index in [1.807, 2.05) is 0 Å². The van der Waals surface area contributed by atoms with Crippen molar-refractivity contribution in [1.82, 2.24) is 10.7 Å². The minimum absolute atomic E-state index is 0.617. The van der Waals surface area contributed by atoms with E-state index in [2.05, 4.69) is 37.6 Å². The van der Waals surface area contributed by atoms with E-state index in [4.69, 9.17) is 10.6 Å². The molecule has 0 heterocycles. The summed E-state index contributed by atoms with van der Waals surface area (Å²) in [5.41, 5.74) is 7.64. The smallest absolute Gasteiger partial charge is 0.125 e. The minimum atomic E-state index is 0.617. The lowest BCUT2D eigenvalue weighted by Gasteiger charge is -2.16. The standard InChI is InChI=1S/C13H23N3O/c1-9-7-10(2)12(5-6-15-8-16-14)13(17-4)11(9)3/h7,15-16H,5-6,8,14H2,1-4H3. The highest BCUT2D eigenvalue weighted by molar-refractivity contribution is 5.49. The maximum Gasteiger partial charge on any atom is 0.125 e. The van der Waals surface area contributed by atoms with Gasteiger partial charge in [-0.15, -0.1) is 0 Å². The third-order valence-corrected chi connectivity index (χ3v) is 3.10. The highest BCUT2D eigenvalue weighted by Crippen LogP contribution is 2.29. The monoisotopic (exact) mass is 237 g/mol. The summed E-state index contributed by atoms with van der Waals surface area (Å²) < 4.78 is 5.53. The maximum atomic E-state index is 5.53. The number of ether oxygens (including phenoxy) is 1. The molecule has 0 unspecified atom stereocenters. The number of hydrogen-bond acceptors (Lipinski definition) is 4. The topological polar surface area (TPSA) is 59.3 Å². The number of nitrogens with one attached hydrogen (secondary N) is 2. The summed E-state index contributed by atoms with van der Waals surface area (Å²) in [4.78, 5) is 0. The van der Waals surface area contributed by atoms with Gasteiger partial charge in [-0.05, 0) is 49.4 Å². The lowest BCUT2D eigenvalue weighted by molar-refractivity contribution is 0.405. The Morgan fingerprint density at radius 3 is 2.53 bits per heavy atom. The molecule has 1 aromatic rings. The van der Waals surface area contributed by atoms with E-state index in [0.29, 0.717) is 6.67 Å². The summed E-state index contributed by atoms with van der Waals surface area (Å²) in [6, 6.07) is 2.22. The van der Waals surface area contributed by atoms with Crippen molar-refractivity contribution in [2.45, 2.75) is 27.2 Å². The fourth-order valence-corrected chi connectivity index (χ4v) is 2.07. The Labute approximate surface area is 104 Å². The van der Waals surface area contributed by atoms with Gasteiger partial charge >= 0.3 is 0 Å². The van der Waals surface area contributed by atoms with Crippen LogP contribution in [-0.2, 0) is 6.42 Å². The summed E-state index contributed by atoms with van der Waals surface area (Å²) in [6.07, 6.45) is 0.942. The van der Waals surface area contributed by atoms with E-state index in [1.165, 1.54) is 22.3 Å². The zero-order valence-corrected chi connectivity index (χ0v) is 11.2. The quantitative estimate of drug-likeness (QED) is 0.301. The Kier molecular flexibility index (Phi) is 5.41. The molecule has 17 heavy (non-hydrogen) atoms. The summed E-state index contributed by atoms with van der Waals surface area (Å²) in [5, 5.41) is 3.20. The zero-order valence-electron chi connectivity index (χ0n) is 11.2. The summed E-state index contributed by atoms with van der Waals surface area (Å²) >= 11 is 0. The molecule has 4 N–H and O–H groups in total. The van der Waals surface area contributed by atoms with Crippen LogP contribution in [0.5, 0.6) is 5.75 Å². The van der Waals surface area contributed by atoms with Crippen LogP contribution in [0.1, 0.15) is 22.3 Å². The normalized spacial score (nSPS) is 10.6. The highest BCUT2D eigenvalue weighted by Gasteiger charge is 2.11. The number of methoxy groups -OCH3 is 1. The van der Waals surface area contributed by atoms with Gasteiger partial charge < -0.3 is 10.1 Å². The van der Waals surface area contributed by atoms with Gasteiger partial charge in [0.2, 0.25) is 0 Å². The first-order valence-corrected chi connectivity index (χ1v) is 5.89. The lowest BCUT2D eigenvalue weighted by atomic mass is 9.97. The van der Waals surface area contributed by atoms with Gasteiger partial charge in [0.05, 0.1) is 13.8 Å². The highest BCUT2D eigenvalue weighted by atomic mass is 16.5. The predicted molar refractivity (Wildman–Crippen MR) is 71.1 cm³/mol. The van der Waals surface area contributed by atoms with Crippen molar-refractivity contribution in [3.63, 3.8) is 0 Å². The third-order valence-electron chi connectivity index (χ3n) is 3.10. The Hall–Kier alpha value is -1.10. The second-order valence-corrected chi connectivity index (χ2v) is 4.28. The summed E-state index contributed by atoms with van der Waals surface area (Å²) in [6.45, 7) is 7.85. The van der Waals surface area contributed by atoms with E-state index in [-0.39, 0.29) is 0 Å². The van der Waals surface area contributed by atoms with E-state index in [1.54, 1.807) is 7.11 Å². The van der Waals surface area contributed by atoms with Gasteiger partial charge in [-0.25, -0.2) is 5.43 Å². The van der Waals surface area contributed by atoms with Crippen LogP contribution in [-0.4, -0.2) is 20.3 Å². The fourth-order valence-electron chi connectivity index (χ4n) is 2.07. The molecule has 0 aromatic heterocycles. The van der Waals surface area contributed by atoms with Gasteiger partial charge in [-0.1, -0.05) is 6.07 Å². The fraction of sp³-hybridized carbons (Fsp3) is 0.538. The Morgan fingerprint density at radius 1 is 1.24 bits per heavy atom. The van der Waals surface area contributed by atoms with Crippen LogP contribution in [0.25, 0.3) is 0 Å². The van der Waals surface area contributed by atoms with Crippen LogP contribution in [0.15, 0.2) is 6.07 Å². The molecule has 0 spiro atoms. The lowest BCUT2D eigenvalue weighted by Crippen LogP contribution is -2.34. The van der Waals surface area contributed by atoms with Gasteiger partial charge in [-0.3, -0.25) is 5.84 Å². The Morgan fingerprint density at radius 2 is 1.94 bits per heavy atom. The van der Waals surface area contributed by atoms with Crippen molar-refractivity contribution < 1.29 is 4.74 Å². The number of benzene rings is 1. The molecule has 0 fully saturated rings. The van der Waals surface area contributed by atoms with Crippen LogP contribution in [0.4, 0.5) is 0 Å². The molecule has 0 saturated heterocycles. The molecule has 0 atom stereocenters. The van der Waals surface area contributed by atoms with E-state index in [0.717, 1.165) is 18.7 Å². The van der Waals surface area contributed by atoms with Crippen molar-refractivity contribution in [3.05, 3.63) is 28.3 Å². The van der Waals surface area contributed by atoms with Gasteiger partial charge in [0.1, 0.15) is 5.75 Å². The molecule has 0 bridgehead atoms. The van der Waals surface area contributed by atoms with Gasteiger partial charge in [0.25, 0.3) is 0 Å². The van der Waals surface area contributed by atoms with E-state index < -0.39 is 0 Å². The Balaban J connectivity index is 2.86. The van der Waals surface area contributed by atoms with Crippen molar-refractivity contribution in [3.8, 4) is 5.75 Å². The largest absolute Gasteiger partial charge is 0.496 e. The predicted octanol–water partition coefficient (Wildman–Crippen LogP) is 1.17. The van der Waals surface area contributed by atoms with Crippen LogP contribution in [0, 0.1) is 20.8 Å². The van der Waals surface area contributed by atoms with Gasteiger partial charge in [0.15, 0.2) is 0 Å². The molecule has 0 radical (unpaired) electrons. The van der Waals surface area contributed by atoms with E-state index >= 15 is 0 Å². The van der Waals surface area contributed by atoms with Crippen molar-refractivity contribution >= 4 is 0 Å². The number of aryl methyl sites for hydroxylation is 2. The van der Waals surface area contributed by atoms with Gasteiger partial charge in [0, 0.05) is 6.54 Å². The molecular weight excluding hydrogens is 214 g/mol. The average molecular weight is 237 g/mol. The third kappa shape index (κ3) is 3.43. The first-order valence-electron chi connectivity index (χ1n) is 5.89. The van der Waals surface area contributed by atoms with Crippen LogP contribution in [0.3, 0.4) is 0 Å². The number of nitrogens with two attached hydrogens (primary N) is 1. The number of rotatable bonds is 6. The molecule has 0 amide bonds. The maximum absolute atomic E-state index is 5.53. The molecule has 96 valence electrons. The minimum Gasteiger partial charge on any atom is -0.496 e. The number of hydrazine groups is 1. The molecule has 0 saturated carbocycles. The molecular formula is C13H23N3O. The van der Waals surface area contributed by atoms with Gasteiger partial charge in [-0.2, -0.15) is 0 Å². The SMILES string of the molecule is COc1c(C)c(C)cc(C)c1CCNCNN. The van der Waals surface area contributed by atoms with Crippen LogP contribution >= 0.6 is 0 Å². The molecule has 1 rings (SSSR count). The Bertz CT molecular complexity index is 377. The van der Waals surface area contributed by atoms with Crippen molar-refractivity contribution in [2.24, 2.45) is 5.84 Å². The zero-order chi connectivity index (χ0) is 12.8. The van der Waals surface area contributed by atoms with Crippen molar-refractivity contribution in [1.29, 1.82) is 0 Å². The second-order valence-electron chi connectivity index (χ2n) is 4.28. The molecule has 0 aliphatic carbocycles. The average Bonchev–Trinajstić information content (AvgIpc) is 2.31. The van der Waals surface area contributed by atoms with E-state index in [9.17, 15) is 0 Å². The molecule has 4 heteroatoms. The van der Waals surface area contributed by atoms with Crippen LogP contribution in [0.2, 0.25) is 0 Å². The second kappa shape index (κ2) is 6.59. The van der Waals surface area contributed by atoms with Crippen molar-refractivity contribution in [2.75, 3.05) is 20.3 Å². The summed E-state index contributed by atoms with van der Waals surface area (Å²) in [7, 11) is 1.74. The molecule has 4 nitrogen and oxygen atoms in total. The number of hydrogen-bond donors (Lipinski definition) is 3. The first kappa shape index (κ1) is 14.0. The summed E-state index contributed by atoms with van der Waals surface area (Å²) in [5.74, 6) is 6.22. The molecule has 0 aliphatic rings. The van der Waals surface area contributed by atoms with Crippen LogP contribution < -0.4 is 21.3 Å². The first-order chi connectivity index (χ1) is 8.11. The molecule has 0 aliphatic heterocycles.